The van der Waals surface area contributed by atoms with Crippen molar-refractivity contribution in [1.29, 1.82) is 0 Å². The van der Waals surface area contributed by atoms with Gasteiger partial charge in [0.2, 0.25) is 0 Å². The van der Waals surface area contributed by atoms with Gasteiger partial charge in [-0.05, 0) is 12.8 Å². The first-order valence-corrected chi connectivity index (χ1v) is 2.67. The first-order chi connectivity index (χ1) is 2.89. The highest BCUT2D eigenvalue weighted by atomic mass is 32.1. The van der Waals surface area contributed by atoms with Crippen molar-refractivity contribution in [2.24, 2.45) is 0 Å². The number of rotatable bonds is 0. The van der Waals surface area contributed by atoms with Gasteiger partial charge in [-0.15, -0.1) is 0 Å². The van der Waals surface area contributed by atoms with E-state index in [-0.39, 0.29) is 0 Å². The van der Waals surface area contributed by atoms with E-state index in [4.69, 9.17) is 0 Å². The van der Waals surface area contributed by atoms with Gasteiger partial charge in [-0.2, -0.15) is 12.6 Å². The van der Waals surface area contributed by atoms with Crippen LogP contribution in [0.25, 0.3) is 0 Å². The predicted octanol–water partition coefficient (Wildman–Crippen LogP) is 0.787. The van der Waals surface area contributed by atoms with Crippen LogP contribution in [-0.4, -0.2) is 5.37 Å². The smallest absolute Gasteiger partial charge is 0.0505 e. The third kappa shape index (κ3) is 0.884. The maximum absolute atomic E-state index is 4.15. The Morgan fingerprint density at radius 1 is 1.83 bits per heavy atom. The second-order valence-corrected chi connectivity index (χ2v) is 2.09. The monoisotopic (exact) mass is 102 g/mol. The van der Waals surface area contributed by atoms with Gasteiger partial charge in [-0.3, -0.25) is 0 Å². The van der Waals surface area contributed by atoms with Crippen LogP contribution in [0.15, 0.2) is 0 Å². The quantitative estimate of drug-likeness (QED) is 0.431. The van der Waals surface area contributed by atoms with Gasteiger partial charge in [0.25, 0.3) is 0 Å². The standard InChI is InChI=1S/C4H8NS/c6-4-2-1-3-5-4/h3-6H,1-2H2. The van der Waals surface area contributed by atoms with Crippen LogP contribution in [0.5, 0.6) is 0 Å². The van der Waals surface area contributed by atoms with Crippen molar-refractivity contribution in [3.63, 3.8) is 0 Å². The van der Waals surface area contributed by atoms with E-state index >= 15 is 0 Å². The average Bonchev–Trinajstić information content (AvgIpc) is 1.86. The minimum Gasteiger partial charge on any atom is -0.301 e. The Kier molecular flexibility index (Phi) is 1.37. The van der Waals surface area contributed by atoms with Crippen molar-refractivity contribution in [3.05, 3.63) is 6.54 Å². The maximum Gasteiger partial charge on any atom is 0.0505 e. The number of nitrogens with one attached hydrogen (secondary N) is 1. The highest BCUT2D eigenvalue weighted by Crippen LogP contribution is 2.09. The van der Waals surface area contributed by atoms with Crippen molar-refractivity contribution in [1.82, 2.24) is 5.32 Å². The van der Waals surface area contributed by atoms with E-state index in [9.17, 15) is 0 Å². The second kappa shape index (κ2) is 1.85. The lowest BCUT2D eigenvalue weighted by molar-refractivity contribution is 0.842. The molecule has 0 spiro atoms. The van der Waals surface area contributed by atoms with Gasteiger partial charge in [-0.25, -0.2) is 0 Å². The van der Waals surface area contributed by atoms with Crippen molar-refractivity contribution in [2.75, 3.05) is 0 Å². The third-order valence-corrected chi connectivity index (χ3v) is 1.30. The normalized spacial score (nSPS) is 34.5. The molecule has 1 nitrogen and oxygen atoms in total. The van der Waals surface area contributed by atoms with Crippen LogP contribution in [0.3, 0.4) is 0 Å². The lowest BCUT2D eigenvalue weighted by atomic mass is 10.4. The Morgan fingerprint density at radius 3 is 2.83 bits per heavy atom. The first-order valence-electron chi connectivity index (χ1n) is 2.15. The van der Waals surface area contributed by atoms with E-state index in [0.717, 1.165) is 0 Å². The Balaban J connectivity index is 2.18. The van der Waals surface area contributed by atoms with Crippen LogP contribution in [0.1, 0.15) is 12.8 Å². The molecule has 1 aliphatic rings. The molecule has 1 N–H and O–H groups in total. The van der Waals surface area contributed by atoms with E-state index in [1.165, 1.54) is 12.8 Å². The summed E-state index contributed by atoms with van der Waals surface area (Å²) in [4.78, 5) is 0. The lowest BCUT2D eigenvalue weighted by Gasteiger charge is -1.93. The number of thiol groups is 1. The molecule has 6 heavy (non-hydrogen) atoms. The molecular formula is C4H8NS. The molecule has 1 aliphatic heterocycles. The summed E-state index contributed by atoms with van der Waals surface area (Å²) in [5.41, 5.74) is 0. The van der Waals surface area contributed by atoms with E-state index in [1.54, 1.807) is 0 Å². The fourth-order valence-corrected chi connectivity index (χ4v) is 0.798. The van der Waals surface area contributed by atoms with Crippen LogP contribution in [0.4, 0.5) is 0 Å². The summed E-state index contributed by atoms with van der Waals surface area (Å²) in [5.74, 6) is 0. The maximum atomic E-state index is 4.15. The Labute approximate surface area is 43.5 Å². The highest BCUT2D eigenvalue weighted by molar-refractivity contribution is 7.80. The molecule has 0 aromatic carbocycles. The zero-order chi connectivity index (χ0) is 4.41. The van der Waals surface area contributed by atoms with Gasteiger partial charge >= 0.3 is 0 Å². The predicted molar refractivity (Wildman–Crippen MR) is 29.4 cm³/mol. The van der Waals surface area contributed by atoms with Gasteiger partial charge in [0.15, 0.2) is 0 Å². The molecule has 1 radical (unpaired) electrons. The molecule has 1 saturated heterocycles. The highest BCUT2D eigenvalue weighted by Gasteiger charge is 2.06. The van der Waals surface area contributed by atoms with Gasteiger partial charge < -0.3 is 5.32 Å². The topological polar surface area (TPSA) is 12.0 Å². The van der Waals surface area contributed by atoms with E-state index in [2.05, 4.69) is 24.5 Å². The molecule has 1 rings (SSSR count). The largest absolute Gasteiger partial charge is 0.301 e. The molecule has 1 heterocycles. The minimum absolute atomic E-state index is 0.435. The van der Waals surface area contributed by atoms with Gasteiger partial charge in [0.1, 0.15) is 0 Å². The Morgan fingerprint density at radius 2 is 2.67 bits per heavy atom. The van der Waals surface area contributed by atoms with Crippen LogP contribution >= 0.6 is 12.6 Å². The summed E-state index contributed by atoms with van der Waals surface area (Å²) in [7, 11) is 0. The summed E-state index contributed by atoms with van der Waals surface area (Å²) >= 11 is 4.15. The summed E-state index contributed by atoms with van der Waals surface area (Å²) in [5, 5.41) is 3.49. The molecule has 1 atom stereocenters. The van der Waals surface area contributed by atoms with Crippen LogP contribution in [0.2, 0.25) is 0 Å². The molecule has 0 saturated carbocycles. The summed E-state index contributed by atoms with van der Waals surface area (Å²) < 4.78 is 0. The molecule has 2 heteroatoms. The van der Waals surface area contributed by atoms with E-state index < -0.39 is 0 Å². The van der Waals surface area contributed by atoms with Gasteiger partial charge in [0, 0.05) is 6.54 Å². The zero-order valence-corrected chi connectivity index (χ0v) is 4.41. The fourth-order valence-electron chi connectivity index (χ4n) is 0.544. The van der Waals surface area contributed by atoms with Crippen molar-refractivity contribution < 1.29 is 0 Å². The van der Waals surface area contributed by atoms with Gasteiger partial charge in [-0.1, -0.05) is 0 Å². The molecular weight excluding hydrogens is 94.1 g/mol. The summed E-state index contributed by atoms with van der Waals surface area (Å²) in [6.07, 6.45) is 2.36. The lowest BCUT2D eigenvalue weighted by Crippen LogP contribution is -2.10. The summed E-state index contributed by atoms with van der Waals surface area (Å²) in [6, 6.07) is 0. The molecule has 1 fully saturated rings. The first kappa shape index (κ1) is 4.47. The molecule has 1 unspecified atom stereocenters. The SMILES string of the molecule is SC1CC[CH]N1. The van der Waals surface area contributed by atoms with Crippen molar-refractivity contribution >= 4 is 12.6 Å². The Bertz CT molecular complexity index is 40.8. The molecule has 0 bridgehead atoms. The van der Waals surface area contributed by atoms with Crippen molar-refractivity contribution in [2.45, 2.75) is 18.2 Å². The zero-order valence-electron chi connectivity index (χ0n) is 3.52. The Hall–Kier alpha value is 0.310. The molecule has 35 valence electrons. The molecule has 0 aromatic heterocycles. The van der Waals surface area contributed by atoms with E-state index in [1.807, 2.05) is 0 Å². The van der Waals surface area contributed by atoms with Crippen LogP contribution in [-0.2, 0) is 0 Å². The van der Waals surface area contributed by atoms with Crippen molar-refractivity contribution in [3.8, 4) is 0 Å². The number of hydrogen-bond donors (Lipinski definition) is 2. The van der Waals surface area contributed by atoms with Gasteiger partial charge in [0.05, 0.1) is 5.37 Å². The van der Waals surface area contributed by atoms with Crippen LogP contribution < -0.4 is 5.32 Å². The number of hydrogen-bond acceptors (Lipinski definition) is 2. The molecule has 0 amide bonds. The van der Waals surface area contributed by atoms with Crippen LogP contribution in [0, 0.1) is 6.54 Å². The third-order valence-electron chi connectivity index (χ3n) is 0.895. The van der Waals surface area contributed by atoms with E-state index in [0.29, 0.717) is 5.37 Å². The molecule has 0 aromatic rings. The minimum atomic E-state index is 0.435. The summed E-state index contributed by atoms with van der Waals surface area (Å²) in [6.45, 7) is 2.05. The molecule has 0 aliphatic carbocycles. The fraction of sp³-hybridized carbons (Fsp3) is 0.750. The second-order valence-electron chi connectivity index (χ2n) is 1.46. The average molecular weight is 102 g/mol.